The first kappa shape index (κ1) is 33.7. The molecule has 0 radical (unpaired) electrons. The number of rotatable bonds is 11. The number of carbonyl (C=O) groups excluding carboxylic acids is 2. The fraction of sp³-hybridized carbons (Fsp3) is 0.385. The maximum absolute atomic E-state index is 14.1. The van der Waals surface area contributed by atoms with Crippen molar-refractivity contribution in [1.29, 1.82) is 0 Å². The van der Waals surface area contributed by atoms with Gasteiger partial charge < -0.3 is 20.4 Å². The van der Waals surface area contributed by atoms with E-state index in [1.54, 1.807) is 12.1 Å². The number of benzene rings is 3. The summed E-state index contributed by atoms with van der Waals surface area (Å²) in [7, 11) is 0. The molecule has 9 heteroatoms. The van der Waals surface area contributed by atoms with Crippen LogP contribution >= 0.6 is 0 Å². The van der Waals surface area contributed by atoms with Crippen molar-refractivity contribution in [2.45, 2.75) is 50.8 Å². The summed E-state index contributed by atoms with van der Waals surface area (Å²) in [6.07, 6.45) is 2.78. The first-order valence-corrected chi connectivity index (χ1v) is 16.8. The van der Waals surface area contributed by atoms with Gasteiger partial charge in [0.2, 0.25) is 11.8 Å². The van der Waals surface area contributed by atoms with Crippen LogP contribution in [0.25, 0.3) is 11.6 Å². The van der Waals surface area contributed by atoms with Gasteiger partial charge in [-0.1, -0.05) is 72.8 Å². The number of hydrogen-bond donors (Lipinski definition) is 4. The summed E-state index contributed by atoms with van der Waals surface area (Å²) in [5, 5.41) is 42.4. The van der Waals surface area contributed by atoms with Crippen molar-refractivity contribution < 1.29 is 34.4 Å². The molecule has 8 nitrogen and oxygen atoms in total. The Balaban J connectivity index is 1.18. The van der Waals surface area contributed by atoms with Gasteiger partial charge in [0.15, 0.2) is 11.6 Å². The molecule has 3 aliphatic rings. The van der Waals surface area contributed by atoms with E-state index in [1.807, 2.05) is 48.5 Å². The van der Waals surface area contributed by atoms with Crippen molar-refractivity contribution >= 4 is 23.5 Å². The van der Waals surface area contributed by atoms with Gasteiger partial charge in [-0.05, 0) is 77.6 Å². The molecule has 0 unspecified atom stereocenters. The van der Waals surface area contributed by atoms with Crippen molar-refractivity contribution in [2.24, 2.45) is 17.8 Å². The van der Waals surface area contributed by atoms with Crippen LogP contribution in [0.1, 0.15) is 48.8 Å². The first-order chi connectivity index (χ1) is 23.3. The molecule has 2 saturated heterocycles. The zero-order valence-electron chi connectivity index (χ0n) is 26.9. The number of likely N-dealkylation sites (tertiary alicyclic amines) is 2. The minimum atomic E-state index is -1.09. The highest BCUT2D eigenvalue weighted by molar-refractivity contribution is 6.06. The number of nitrogens with zero attached hydrogens (tertiary/aromatic N) is 2. The molecular formula is C39H43FN2O6. The summed E-state index contributed by atoms with van der Waals surface area (Å²) >= 11 is 0. The summed E-state index contributed by atoms with van der Waals surface area (Å²) in [6, 6.07) is 23.6. The number of hydrogen-bond acceptors (Lipinski definition) is 7. The summed E-state index contributed by atoms with van der Waals surface area (Å²) < 4.78 is 14.1. The predicted octanol–water partition coefficient (Wildman–Crippen LogP) is 4.78. The Morgan fingerprint density at radius 1 is 0.938 bits per heavy atom. The van der Waals surface area contributed by atoms with Crippen molar-refractivity contribution in [3.8, 4) is 5.75 Å². The van der Waals surface area contributed by atoms with E-state index in [9.17, 15) is 34.4 Å². The van der Waals surface area contributed by atoms with E-state index in [0.717, 1.165) is 30.8 Å². The Kier molecular flexibility index (Phi) is 10.5. The minimum Gasteiger partial charge on any atom is -0.505 e. The number of amides is 2. The Bertz CT molecular complexity index is 1670. The molecule has 0 bridgehead atoms. The lowest BCUT2D eigenvalue weighted by atomic mass is 9.68. The molecule has 6 rings (SSSR count). The zero-order valence-corrected chi connectivity index (χ0v) is 26.9. The number of aliphatic hydroxyl groups is 3. The third kappa shape index (κ3) is 7.00. The number of allylic oxidation sites excluding steroid dienone is 1. The smallest absolute Gasteiger partial charge is 0.234 e. The number of phenols is 1. The molecule has 4 atom stereocenters. The van der Waals surface area contributed by atoms with Gasteiger partial charge in [0.1, 0.15) is 0 Å². The lowest BCUT2D eigenvalue weighted by Crippen LogP contribution is -2.47. The molecule has 3 aromatic carbocycles. The lowest BCUT2D eigenvalue weighted by molar-refractivity contribution is -0.144. The van der Waals surface area contributed by atoms with E-state index < -0.39 is 42.0 Å². The molecule has 48 heavy (non-hydrogen) atoms. The van der Waals surface area contributed by atoms with Crippen molar-refractivity contribution in [3.63, 3.8) is 0 Å². The topological polar surface area (TPSA) is 122 Å². The van der Waals surface area contributed by atoms with Gasteiger partial charge in [0.25, 0.3) is 0 Å². The fourth-order valence-electron chi connectivity index (χ4n) is 7.88. The quantitative estimate of drug-likeness (QED) is 0.133. The maximum atomic E-state index is 14.1. The molecule has 4 N–H and O–H groups in total. The highest BCUT2D eigenvalue weighted by Gasteiger charge is 2.56. The molecule has 2 amide bonds. The number of fused-ring (bicyclic) bond motifs is 1. The van der Waals surface area contributed by atoms with Crippen LogP contribution in [-0.4, -0.2) is 80.5 Å². The molecule has 252 valence electrons. The third-order valence-electron chi connectivity index (χ3n) is 10.3. The fourth-order valence-corrected chi connectivity index (χ4v) is 7.88. The summed E-state index contributed by atoms with van der Waals surface area (Å²) in [4.78, 5) is 31.6. The molecule has 0 aromatic heterocycles. The van der Waals surface area contributed by atoms with Gasteiger partial charge in [0, 0.05) is 31.6 Å². The lowest BCUT2D eigenvalue weighted by Gasteiger charge is -2.36. The van der Waals surface area contributed by atoms with Gasteiger partial charge >= 0.3 is 0 Å². The second-order valence-electron chi connectivity index (χ2n) is 13.2. The SMILES string of the molecule is O=C1[C@@H]2[C@@H](CC(CO)=C([C@H](O)CC/C(=C/c3ccc(O)c(F)c3)c3ccccc3)[C@@H]2CO)C(=O)N1C1CCN(Cc2ccccc2)CC1. The van der Waals surface area contributed by atoms with Crippen LogP contribution in [0.3, 0.4) is 0 Å². The van der Waals surface area contributed by atoms with E-state index in [1.165, 1.54) is 22.6 Å². The Morgan fingerprint density at radius 2 is 1.62 bits per heavy atom. The van der Waals surface area contributed by atoms with E-state index in [-0.39, 0.29) is 37.3 Å². The molecule has 1 aliphatic carbocycles. The Hall–Kier alpha value is -4.15. The molecule has 0 saturated carbocycles. The van der Waals surface area contributed by atoms with E-state index in [0.29, 0.717) is 36.0 Å². The van der Waals surface area contributed by atoms with Crippen LogP contribution in [0.5, 0.6) is 5.75 Å². The summed E-state index contributed by atoms with van der Waals surface area (Å²) in [6.45, 7) is 1.50. The van der Waals surface area contributed by atoms with Gasteiger partial charge in [-0.3, -0.25) is 19.4 Å². The highest BCUT2D eigenvalue weighted by atomic mass is 19.1. The molecule has 3 aromatic rings. The van der Waals surface area contributed by atoms with Crippen LogP contribution < -0.4 is 0 Å². The number of imide groups is 1. The van der Waals surface area contributed by atoms with Crippen LogP contribution in [0.4, 0.5) is 4.39 Å². The number of aromatic hydroxyl groups is 1. The molecule has 2 heterocycles. The summed E-state index contributed by atoms with van der Waals surface area (Å²) in [5.41, 5.74) is 4.38. The number of halogens is 1. The molecule has 0 spiro atoms. The Labute approximate surface area is 280 Å². The number of piperidine rings is 1. The highest BCUT2D eigenvalue weighted by Crippen LogP contribution is 2.47. The average molecular weight is 655 g/mol. The number of phenolic OH excluding ortho intramolecular Hbond substituents is 1. The van der Waals surface area contributed by atoms with E-state index in [4.69, 9.17) is 0 Å². The van der Waals surface area contributed by atoms with Crippen LogP contribution in [0.15, 0.2) is 90.0 Å². The second-order valence-corrected chi connectivity index (χ2v) is 13.2. The van der Waals surface area contributed by atoms with Gasteiger partial charge in [0.05, 0.1) is 31.2 Å². The minimum absolute atomic E-state index is 0.159. The van der Waals surface area contributed by atoms with Gasteiger partial charge in [-0.25, -0.2) is 4.39 Å². The van der Waals surface area contributed by atoms with Crippen molar-refractivity contribution in [1.82, 2.24) is 9.80 Å². The van der Waals surface area contributed by atoms with Crippen molar-refractivity contribution in [3.05, 3.63) is 113 Å². The normalized spacial score (nSPS) is 23.1. The maximum Gasteiger partial charge on any atom is 0.234 e. The van der Waals surface area contributed by atoms with E-state index >= 15 is 0 Å². The summed E-state index contributed by atoms with van der Waals surface area (Å²) in [5.74, 6) is -4.00. The van der Waals surface area contributed by atoms with Crippen molar-refractivity contribution in [2.75, 3.05) is 26.3 Å². The first-order valence-electron chi connectivity index (χ1n) is 16.8. The third-order valence-corrected chi connectivity index (χ3v) is 10.3. The predicted molar refractivity (Wildman–Crippen MR) is 180 cm³/mol. The average Bonchev–Trinajstić information content (AvgIpc) is 3.36. The Morgan fingerprint density at radius 3 is 2.27 bits per heavy atom. The van der Waals surface area contributed by atoms with Gasteiger partial charge in [-0.2, -0.15) is 0 Å². The molecule has 2 fully saturated rings. The standard InChI is InChI=1S/C39H43FN2O6/c40-33-20-26(11-13-34(33)45)19-28(27-9-5-2-6-10-27)12-14-35(46)36-29(23-43)21-31-37(32(36)24-44)39(48)42(38(31)47)30-15-17-41(18-16-30)22-25-7-3-1-4-8-25/h1-11,13,19-20,30-32,35,37,43-46H,12,14-18,21-24H2/b28-19-/t31-,32+,35-,37-/m1/s1. The molecular weight excluding hydrogens is 611 g/mol. The zero-order chi connectivity index (χ0) is 33.8. The second kappa shape index (κ2) is 15.0. The van der Waals surface area contributed by atoms with E-state index in [2.05, 4.69) is 17.0 Å². The van der Waals surface area contributed by atoms with Crippen LogP contribution in [0.2, 0.25) is 0 Å². The number of aliphatic hydroxyl groups excluding tert-OH is 3. The monoisotopic (exact) mass is 654 g/mol. The van der Waals surface area contributed by atoms with Crippen LogP contribution in [0, 0.1) is 23.6 Å². The number of carbonyl (C=O) groups is 2. The van der Waals surface area contributed by atoms with Crippen LogP contribution in [-0.2, 0) is 16.1 Å². The molecule has 2 aliphatic heterocycles. The van der Waals surface area contributed by atoms with Gasteiger partial charge in [-0.15, -0.1) is 0 Å². The largest absolute Gasteiger partial charge is 0.505 e.